The molecule has 1 unspecified atom stereocenters. The van der Waals surface area contributed by atoms with Crippen molar-refractivity contribution < 1.29 is 4.42 Å². The molecule has 2 N–H and O–H groups in total. The Morgan fingerprint density at radius 2 is 2.27 bits per heavy atom. The molecular weight excluding hydrogens is 188 g/mol. The highest BCUT2D eigenvalue weighted by atomic mass is 16.3. The summed E-state index contributed by atoms with van der Waals surface area (Å²) in [6, 6.07) is 2.62. The first-order valence-corrected chi connectivity index (χ1v) is 5.64. The third kappa shape index (κ3) is 3.36. The Hall–Kier alpha value is -0.800. The van der Waals surface area contributed by atoms with Crippen molar-refractivity contribution >= 4 is 0 Å². The van der Waals surface area contributed by atoms with Crippen LogP contribution in [0.1, 0.15) is 38.0 Å². The summed E-state index contributed by atoms with van der Waals surface area (Å²) in [6.45, 7) is 5.88. The van der Waals surface area contributed by atoms with E-state index in [1.165, 1.54) is 18.4 Å². The summed E-state index contributed by atoms with van der Waals surface area (Å²) in [7, 11) is 2.15. The van der Waals surface area contributed by atoms with E-state index in [2.05, 4.69) is 25.8 Å². The molecule has 0 aliphatic rings. The van der Waals surface area contributed by atoms with Crippen molar-refractivity contribution in [3.63, 3.8) is 0 Å². The number of hydrogen-bond acceptors (Lipinski definition) is 3. The molecule has 3 nitrogen and oxygen atoms in total. The minimum atomic E-state index is 0.484. The van der Waals surface area contributed by atoms with E-state index < -0.39 is 0 Å². The van der Waals surface area contributed by atoms with Gasteiger partial charge in [-0.15, -0.1) is 0 Å². The molecular formula is C12H22N2O. The predicted molar refractivity (Wildman–Crippen MR) is 62.4 cm³/mol. The molecule has 0 fully saturated rings. The fourth-order valence-corrected chi connectivity index (χ4v) is 1.75. The molecule has 0 aliphatic heterocycles. The fraction of sp³-hybridized carbons (Fsp3) is 0.667. The van der Waals surface area contributed by atoms with Crippen LogP contribution in [0, 0.1) is 0 Å². The van der Waals surface area contributed by atoms with E-state index in [0.717, 1.165) is 12.3 Å². The van der Waals surface area contributed by atoms with Gasteiger partial charge in [0.25, 0.3) is 0 Å². The summed E-state index contributed by atoms with van der Waals surface area (Å²) in [5.74, 6) is 0.908. The molecule has 15 heavy (non-hydrogen) atoms. The van der Waals surface area contributed by atoms with Gasteiger partial charge in [0.05, 0.1) is 12.8 Å². The van der Waals surface area contributed by atoms with Crippen LogP contribution in [0.25, 0.3) is 0 Å². The lowest BCUT2D eigenvalue weighted by Crippen LogP contribution is -2.28. The topological polar surface area (TPSA) is 42.4 Å². The van der Waals surface area contributed by atoms with Crippen molar-refractivity contribution in [3.8, 4) is 0 Å². The molecule has 1 atom stereocenters. The average molecular weight is 210 g/mol. The smallest absolute Gasteiger partial charge is 0.121 e. The molecule has 0 saturated carbocycles. The standard InChI is InChI=1S/C12H22N2O/c1-4-5-10(2)14(3)9-11-6-7-15-12(11)8-13/h6-7,10H,4-5,8-9,13H2,1-3H3. The normalized spacial score (nSPS) is 13.4. The zero-order valence-electron chi connectivity index (χ0n) is 9.99. The highest BCUT2D eigenvalue weighted by molar-refractivity contribution is 5.16. The highest BCUT2D eigenvalue weighted by Gasteiger charge is 2.11. The molecule has 0 spiro atoms. The fourth-order valence-electron chi connectivity index (χ4n) is 1.75. The Morgan fingerprint density at radius 1 is 1.53 bits per heavy atom. The Balaban J connectivity index is 2.53. The Morgan fingerprint density at radius 3 is 2.87 bits per heavy atom. The molecule has 1 aromatic heterocycles. The van der Waals surface area contributed by atoms with Gasteiger partial charge in [0, 0.05) is 18.2 Å². The summed E-state index contributed by atoms with van der Waals surface area (Å²) >= 11 is 0. The maximum atomic E-state index is 5.59. The number of nitrogens with two attached hydrogens (primary N) is 1. The minimum Gasteiger partial charge on any atom is -0.468 e. The van der Waals surface area contributed by atoms with Gasteiger partial charge in [0.15, 0.2) is 0 Å². The van der Waals surface area contributed by atoms with Gasteiger partial charge in [0.1, 0.15) is 5.76 Å². The average Bonchev–Trinajstić information content (AvgIpc) is 2.65. The molecule has 86 valence electrons. The molecule has 0 saturated heterocycles. The van der Waals surface area contributed by atoms with Crippen molar-refractivity contribution in [1.82, 2.24) is 4.90 Å². The monoisotopic (exact) mass is 210 g/mol. The van der Waals surface area contributed by atoms with Crippen LogP contribution in [0.15, 0.2) is 16.7 Å². The van der Waals surface area contributed by atoms with E-state index in [0.29, 0.717) is 12.6 Å². The van der Waals surface area contributed by atoms with Crippen LogP contribution >= 0.6 is 0 Å². The van der Waals surface area contributed by atoms with Crippen molar-refractivity contribution in [2.45, 2.75) is 45.8 Å². The zero-order chi connectivity index (χ0) is 11.3. The van der Waals surface area contributed by atoms with E-state index in [1.807, 2.05) is 6.07 Å². The van der Waals surface area contributed by atoms with E-state index in [4.69, 9.17) is 10.2 Å². The number of hydrogen-bond donors (Lipinski definition) is 1. The molecule has 0 aliphatic carbocycles. The first-order chi connectivity index (χ1) is 7.19. The van der Waals surface area contributed by atoms with Crippen LogP contribution in [-0.2, 0) is 13.1 Å². The zero-order valence-corrected chi connectivity index (χ0v) is 9.99. The first-order valence-electron chi connectivity index (χ1n) is 5.64. The highest BCUT2D eigenvalue weighted by Crippen LogP contribution is 2.14. The van der Waals surface area contributed by atoms with Crippen molar-refractivity contribution in [2.75, 3.05) is 7.05 Å². The van der Waals surface area contributed by atoms with Gasteiger partial charge in [-0.25, -0.2) is 0 Å². The van der Waals surface area contributed by atoms with E-state index in [1.54, 1.807) is 6.26 Å². The van der Waals surface area contributed by atoms with Gasteiger partial charge < -0.3 is 10.2 Å². The van der Waals surface area contributed by atoms with Gasteiger partial charge in [-0.2, -0.15) is 0 Å². The second-order valence-corrected chi connectivity index (χ2v) is 4.13. The molecule has 3 heteroatoms. The van der Waals surface area contributed by atoms with Crippen molar-refractivity contribution in [3.05, 3.63) is 23.7 Å². The Bertz CT molecular complexity index is 283. The first kappa shape index (κ1) is 12.3. The second kappa shape index (κ2) is 5.93. The van der Waals surface area contributed by atoms with Gasteiger partial charge >= 0.3 is 0 Å². The van der Waals surface area contributed by atoms with Gasteiger partial charge in [-0.1, -0.05) is 13.3 Å². The summed E-state index contributed by atoms with van der Waals surface area (Å²) in [5.41, 5.74) is 6.80. The lowest BCUT2D eigenvalue weighted by Gasteiger charge is -2.24. The number of rotatable bonds is 6. The Labute approximate surface area is 92.2 Å². The summed E-state index contributed by atoms with van der Waals surface area (Å²) < 4.78 is 5.30. The van der Waals surface area contributed by atoms with Crippen LogP contribution in [0.5, 0.6) is 0 Å². The predicted octanol–water partition coefficient (Wildman–Crippen LogP) is 2.36. The van der Waals surface area contributed by atoms with E-state index in [-0.39, 0.29) is 0 Å². The van der Waals surface area contributed by atoms with Gasteiger partial charge in [-0.05, 0) is 26.5 Å². The molecule has 0 amide bonds. The van der Waals surface area contributed by atoms with Crippen LogP contribution in [0.2, 0.25) is 0 Å². The summed E-state index contributed by atoms with van der Waals surface area (Å²) in [6.07, 6.45) is 4.17. The van der Waals surface area contributed by atoms with E-state index >= 15 is 0 Å². The molecule has 0 aromatic carbocycles. The van der Waals surface area contributed by atoms with E-state index in [9.17, 15) is 0 Å². The van der Waals surface area contributed by atoms with Gasteiger partial charge in [-0.3, -0.25) is 4.90 Å². The molecule has 1 aromatic rings. The Kier molecular flexibility index (Phi) is 4.85. The van der Waals surface area contributed by atoms with Crippen LogP contribution in [0.3, 0.4) is 0 Å². The summed E-state index contributed by atoms with van der Waals surface area (Å²) in [5, 5.41) is 0. The minimum absolute atomic E-state index is 0.484. The third-order valence-electron chi connectivity index (χ3n) is 2.90. The molecule has 0 radical (unpaired) electrons. The largest absolute Gasteiger partial charge is 0.468 e. The van der Waals surface area contributed by atoms with Crippen LogP contribution in [-0.4, -0.2) is 18.0 Å². The molecule has 1 heterocycles. The van der Waals surface area contributed by atoms with Gasteiger partial charge in [0.2, 0.25) is 0 Å². The number of furan rings is 1. The lowest BCUT2D eigenvalue weighted by molar-refractivity contribution is 0.235. The quantitative estimate of drug-likeness (QED) is 0.783. The second-order valence-electron chi connectivity index (χ2n) is 4.13. The lowest BCUT2D eigenvalue weighted by atomic mass is 10.1. The third-order valence-corrected chi connectivity index (χ3v) is 2.90. The summed E-state index contributed by atoms with van der Waals surface area (Å²) in [4.78, 5) is 2.34. The number of nitrogens with zero attached hydrogens (tertiary/aromatic N) is 1. The van der Waals surface area contributed by atoms with Crippen molar-refractivity contribution in [2.24, 2.45) is 5.73 Å². The maximum absolute atomic E-state index is 5.59. The van der Waals surface area contributed by atoms with Crippen LogP contribution < -0.4 is 5.73 Å². The van der Waals surface area contributed by atoms with Crippen LogP contribution in [0.4, 0.5) is 0 Å². The maximum Gasteiger partial charge on any atom is 0.121 e. The molecule has 1 rings (SSSR count). The SMILES string of the molecule is CCCC(C)N(C)Cc1ccoc1CN. The molecule has 0 bridgehead atoms. The van der Waals surface area contributed by atoms with Crippen molar-refractivity contribution in [1.29, 1.82) is 0 Å².